The molecule has 0 aliphatic carbocycles. The van der Waals surface area contributed by atoms with Crippen LogP contribution in [-0.2, 0) is 4.79 Å². The van der Waals surface area contributed by atoms with Gasteiger partial charge in [0.15, 0.2) is 0 Å². The molecule has 0 saturated carbocycles. The maximum Gasteiger partial charge on any atom is 0.222 e. The second-order valence-corrected chi connectivity index (χ2v) is 5.12. The van der Waals surface area contributed by atoms with E-state index in [4.69, 9.17) is 0 Å². The Morgan fingerprint density at radius 2 is 1.78 bits per heavy atom. The summed E-state index contributed by atoms with van der Waals surface area (Å²) in [4.78, 5) is 14.3. The van der Waals surface area contributed by atoms with Gasteiger partial charge in [-0.05, 0) is 38.8 Å². The van der Waals surface area contributed by atoms with Crippen LogP contribution in [0.1, 0.15) is 53.4 Å². The van der Waals surface area contributed by atoms with E-state index in [-0.39, 0.29) is 12.4 Å². The standard InChI is InChI=1S/C14H30N2O.ClH/c1-6-13(7-2)16(11-12(3)4)14(17)9-8-10-15-5;/h12-13,15H,6-11H2,1-5H3;1H. The van der Waals surface area contributed by atoms with Crippen LogP contribution in [0.25, 0.3) is 0 Å². The summed E-state index contributed by atoms with van der Waals surface area (Å²) in [5.41, 5.74) is 0. The molecule has 0 aromatic rings. The third kappa shape index (κ3) is 7.93. The third-order valence-corrected chi connectivity index (χ3v) is 3.08. The number of nitrogens with one attached hydrogen (secondary N) is 1. The van der Waals surface area contributed by atoms with Crippen LogP contribution in [0.3, 0.4) is 0 Å². The quantitative estimate of drug-likeness (QED) is 0.658. The van der Waals surface area contributed by atoms with E-state index in [0.717, 1.165) is 32.4 Å². The van der Waals surface area contributed by atoms with Gasteiger partial charge in [0, 0.05) is 19.0 Å². The largest absolute Gasteiger partial charge is 0.339 e. The Hall–Kier alpha value is -0.280. The molecule has 0 spiro atoms. The van der Waals surface area contributed by atoms with Crippen molar-refractivity contribution in [2.24, 2.45) is 5.92 Å². The highest BCUT2D eigenvalue weighted by atomic mass is 35.5. The summed E-state index contributed by atoms with van der Waals surface area (Å²) in [7, 11) is 1.93. The summed E-state index contributed by atoms with van der Waals surface area (Å²) in [6.45, 7) is 10.5. The lowest BCUT2D eigenvalue weighted by molar-refractivity contribution is -0.134. The number of nitrogens with zero attached hydrogens (tertiary/aromatic N) is 1. The maximum absolute atomic E-state index is 12.2. The van der Waals surface area contributed by atoms with Crippen molar-refractivity contribution in [2.75, 3.05) is 20.1 Å². The van der Waals surface area contributed by atoms with Gasteiger partial charge in [-0.2, -0.15) is 0 Å². The van der Waals surface area contributed by atoms with Gasteiger partial charge in [-0.25, -0.2) is 0 Å². The lowest BCUT2D eigenvalue weighted by Crippen LogP contribution is -2.42. The van der Waals surface area contributed by atoms with Crippen molar-refractivity contribution in [3.63, 3.8) is 0 Å². The topological polar surface area (TPSA) is 32.3 Å². The number of hydrogen-bond donors (Lipinski definition) is 1. The third-order valence-electron chi connectivity index (χ3n) is 3.08. The van der Waals surface area contributed by atoms with E-state index in [2.05, 4.69) is 37.9 Å². The molecule has 0 aromatic heterocycles. The van der Waals surface area contributed by atoms with E-state index in [1.54, 1.807) is 0 Å². The fraction of sp³-hybridized carbons (Fsp3) is 0.929. The first-order chi connectivity index (χ1) is 8.06. The van der Waals surface area contributed by atoms with Gasteiger partial charge < -0.3 is 10.2 Å². The van der Waals surface area contributed by atoms with Gasteiger partial charge in [-0.15, -0.1) is 12.4 Å². The molecule has 18 heavy (non-hydrogen) atoms. The molecular formula is C14H31ClN2O. The Balaban J connectivity index is 0. The Morgan fingerprint density at radius 3 is 2.17 bits per heavy atom. The molecule has 1 N–H and O–H groups in total. The molecule has 0 rings (SSSR count). The molecule has 0 atom stereocenters. The zero-order valence-electron chi connectivity index (χ0n) is 12.7. The van der Waals surface area contributed by atoms with Crippen molar-refractivity contribution in [1.82, 2.24) is 10.2 Å². The lowest BCUT2D eigenvalue weighted by atomic mass is 10.1. The Labute approximate surface area is 119 Å². The number of hydrogen-bond acceptors (Lipinski definition) is 2. The highest BCUT2D eigenvalue weighted by Gasteiger charge is 2.21. The van der Waals surface area contributed by atoms with Gasteiger partial charge in [0.2, 0.25) is 5.91 Å². The van der Waals surface area contributed by atoms with Crippen LogP contribution >= 0.6 is 12.4 Å². The minimum Gasteiger partial charge on any atom is -0.339 e. The molecule has 110 valence electrons. The maximum atomic E-state index is 12.2. The van der Waals surface area contributed by atoms with Gasteiger partial charge in [-0.1, -0.05) is 27.7 Å². The predicted octanol–water partition coefficient (Wildman–Crippen LogP) is 3.08. The SMILES string of the molecule is CCC(CC)N(CC(C)C)C(=O)CCCNC.Cl. The van der Waals surface area contributed by atoms with E-state index in [1.807, 2.05) is 7.05 Å². The molecule has 0 unspecified atom stereocenters. The van der Waals surface area contributed by atoms with Gasteiger partial charge in [0.05, 0.1) is 0 Å². The van der Waals surface area contributed by atoms with Crippen LogP contribution in [0.2, 0.25) is 0 Å². The normalized spacial score (nSPS) is 10.6. The van der Waals surface area contributed by atoms with E-state index < -0.39 is 0 Å². The summed E-state index contributed by atoms with van der Waals surface area (Å²) in [5, 5.41) is 3.09. The Morgan fingerprint density at radius 1 is 1.22 bits per heavy atom. The Kier molecular flexibility index (Phi) is 13.1. The molecule has 0 heterocycles. The molecule has 0 aliphatic heterocycles. The summed E-state index contributed by atoms with van der Waals surface area (Å²) < 4.78 is 0. The molecule has 4 heteroatoms. The number of carbonyl (C=O) groups is 1. The van der Waals surface area contributed by atoms with Crippen molar-refractivity contribution in [3.8, 4) is 0 Å². The van der Waals surface area contributed by atoms with E-state index in [9.17, 15) is 4.79 Å². The summed E-state index contributed by atoms with van der Waals surface area (Å²) in [6, 6.07) is 0.416. The number of halogens is 1. The monoisotopic (exact) mass is 278 g/mol. The zero-order chi connectivity index (χ0) is 13.3. The molecular weight excluding hydrogens is 248 g/mol. The van der Waals surface area contributed by atoms with E-state index in [0.29, 0.717) is 24.3 Å². The minimum absolute atomic E-state index is 0. The summed E-state index contributed by atoms with van der Waals surface area (Å²) >= 11 is 0. The molecule has 0 aliphatic rings. The second kappa shape index (κ2) is 11.8. The van der Waals surface area contributed by atoms with Crippen LogP contribution in [0.4, 0.5) is 0 Å². The van der Waals surface area contributed by atoms with Crippen molar-refractivity contribution in [2.45, 2.75) is 59.4 Å². The van der Waals surface area contributed by atoms with E-state index >= 15 is 0 Å². The van der Waals surface area contributed by atoms with Gasteiger partial charge >= 0.3 is 0 Å². The van der Waals surface area contributed by atoms with Crippen LogP contribution in [0.5, 0.6) is 0 Å². The van der Waals surface area contributed by atoms with Crippen molar-refractivity contribution < 1.29 is 4.79 Å². The van der Waals surface area contributed by atoms with Crippen molar-refractivity contribution >= 4 is 18.3 Å². The van der Waals surface area contributed by atoms with Crippen LogP contribution in [0.15, 0.2) is 0 Å². The van der Waals surface area contributed by atoms with Gasteiger partial charge in [0.25, 0.3) is 0 Å². The number of rotatable bonds is 9. The smallest absolute Gasteiger partial charge is 0.222 e. The highest BCUT2D eigenvalue weighted by Crippen LogP contribution is 2.13. The van der Waals surface area contributed by atoms with E-state index in [1.165, 1.54) is 0 Å². The Bertz CT molecular complexity index is 206. The summed E-state index contributed by atoms with van der Waals surface area (Å²) in [6.07, 6.45) is 3.72. The molecule has 0 radical (unpaired) electrons. The fourth-order valence-electron chi connectivity index (χ4n) is 2.14. The molecule has 0 bridgehead atoms. The van der Waals surface area contributed by atoms with Crippen LogP contribution in [-0.4, -0.2) is 37.0 Å². The average molecular weight is 279 g/mol. The first-order valence-electron chi connectivity index (χ1n) is 7.00. The molecule has 0 saturated heterocycles. The second-order valence-electron chi connectivity index (χ2n) is 5.12. The first-order valence-corrected chi connectivity index (χ1v) is 7.00. The van der Waals surface area contributed by atoms with Crippen LogP contribution < -0.4 is 5.32 Å². The number of amides is 1. The average Bonchev–Trinajstić information content (AvgIpc) is 2.29. The zero-order valence-corrected chi connectivity index (χ0v) is 13.5. The predicted molar refractivity (Wildman–Crippen MR) is 81.3 cm³/mol. The number of carbonyl (C=O) groups excluding carboxylic acids is 1. The van der Waals surface area contributed by atoms with Gasteiger partial charge in [-0.3, -0.25) is 4.79 Å². The fourth-order valence-corrected chi connectivity index (χ4v) is 2.14. The minimum atomic E-state index is 0. The van der Waals surface area contributed by atoms with Crippen molar-refractivity contribution in [1.29, 1.82) is 0 Å². The van der Waals surface area contributed by atoms with Gasteiger partial charge in [0.1, 0.15) is 0 Å². The molecule has 0 aromatic carbocycles. The van der Waals surface area contributed by atoms with Crippen LogP contribution in [0, 0.1) is 5.92 Å². The molecule has 1 amide bonds. The summed E-state index contributed by atoms with van der Waals surface area (Å²) in [5.74, 6) is 0.867. The molecule has 0 fully saturated rings. The highest BCUT2D eigenvalue weighted by molar-refractivity contribution is 5.85. The van der Waals surface area contributed by atoms with Crippen molar-refractivity contribution in [3.05, 3.63) is 0 Å². The molecule has 3 nitrogen and oxygen atoms in total. The lowest BCUT2D eigenvalue weighted by Gasteiger charge is -2.32. The first kappa shape index (κ1) is 20.0.